The van der Waals surface area contributed by atoms with Gasteiger partial charge in [-0.05, 0) is 111 Å². The van der Waals surface area contributed by atoms with Crippen molar-refractivity contribution in [3.63, 3.8) is 0 Å². The van der Waals surface area contributed by atoms with Crippen molar-refractivity contribution < 1.29 is 4.42 Å². The summed E-state index contributed by atoms with van der Waals surface area (Å²) in [5.74, 6) is 0. The second-order valence-corrected chi connectivity index (χ2v) is 14.7. The van der Waals surface area contributed by atoms with E-state index in [1.54, 1.807) is 0 Å². The maximum atomic E-state index is 6.72. The molecule has 0 saturated carbocycles. The minimum Gasteiger partial charge on any atom is -0.455 e. The monoisotopic (exact) mass is 696 g/mol. The summed E-state index contributed by atoms with van der Waals surface area (Å²) >= 11 is 0. The van der Waals surface area contributed by atoms with Crippen LogP contribution in [0.2, 0.25) is 0 Å². The van der Waals surface area contributed by atoms with Crippen LogP contribution in [-0.4, -0.2) is 0 Å². The van der Waals surface area contributed by atoms with Crippen molar-refractivity contribution in [2.75, 3.05) is 0 Å². The zero-order valence-corrected chi connectivity index (χ0v) is 29.9. The highest BCUT2D eigenvalue weighted by atomic mass is 16.3. The van der Waals surface area contributed by atoms with E-state index in [2.05, 4.69) is 194 Å². The summed E-state index contributed by atoms with van der Waals surface area (Å²) in [4.78, 5) is 0. The zero-order valence-electron chi connectivity index (χ0n) is 29.9. The largest absolute Gasteiger partial charge is 0.455 e. The van der Waals surface area contributed by atoms with Gasteiger partial charge in [0.15, 0.2) is 0 Å². The van der Waals surface area contributed by atoms with Crippen molar-refractivity contribution >= 4 is 86.6 Å². The van der Waals surface area contributed by atoms with Crippen LogP contribution in [0.1, 0.15) is 0 Å². The van der Waals surface area contributed by atoms with Crippen molar-refractivity contribution in [1.29, 1.82) is 0 Å². The highest BCUT2D eigenvalue weighted by Gasteiger charge is 2.20. The molecule has 0 fully saturated rings. The maximum Gasteiger partial charge on any atom is 0.143 e. The number of hydrogen-bond donors (Lipinski definition) is 0. The van der Waals surface area contributed by atoms with Gasteiger partial charge >= 0.3 is 0 Å². The SMILES string of the molecule is c1ccc2c(-c3c4ccccc4c(-c4ccc(-c5ccc6c(c5)c5ccccc5c5c6oc6ccc7ccccc7c65)cc4)c4ccccc34)cccc2c1. The van der Waals surface area contributed by atoms with Gasteiger partial charge < -0.3 is 4.42 Å². The van der Waals surface area contributed by atoms with Crippen LogP contribution in [0.4, 0.5) is 0 Å². The molecule has 12 aromatic rings. The first-order valence-corrected chi connectivity index (χ1v) is 19.0. The molecule has 11 aromatic carbocycles. The smallest absolute Gasteiger partial charge is 0.143 e. The summed E-state index contributed by atoms with van der Waals surface area (Å²) in [6, 6.07) is 70.9. The Morgan fingerprint density at radius 1 is 0.273 bits per heavy atom. The summed E-state index contributed by atoms with van der Waals surface area (Å²) in [5, 5.41) is 17.2. The standard InChI is InChI=1S/C54H32O/c1-3-15-38-34(12-1)14-11-23-41(38)51-45-21-9-7-19-43(45)50(44-20-8-10-22-46(44)51)36-26-24-33(25-27-36)37-28-30-47-48(32-37)40-17-5-6-18-42(40)53-52-39-16-4-2-13-35(39)29-31-49(52)55-54(47)53/h1-32H. The third-order valence-electron chi connectivity index (χ3n) is 11.8. The van der Waals surface area contributed by atoms with Crippen molar-refractivity contribution in [2.24, 2.45) is 0 Å². The minimum absolute atomic E-state index is 0.927. The van der Waals surface area contributed by atoms with Gasteiger partial charge in [0.2, 0.25) is 0 Å². The molecule has 0 saturated heterocycles. The Balaban J connectivity index is 1.04. The normalized spacial score (nSPS) is 12.0. The van der Waals surface area contributed by atoms with Crippen LogP contribution in [0.3, 0.4) is 0 Å². The van der Waals surface area contributed by atoms with Crippen LogP contribution in [0.5, 0.6) is 0 Å². The third kappa shape index (κ3) is 4.41. The van der Waals surface area contributed by atoms with E-state index < -0.39 is 0 Å². The molecule has 0 aliphatic rings. The van der Waals surface area contributed by atoms with Gasteiger partial charge in [-0.2, -0.15) is 0 Å². The van der Waals surface area contributed by atoms with Crippen LogP contribution >= 0.6 is 0 Å². The van der Waals surface area contributed by atoms with Gasteiger partial charge in [0, 0.05) is 16.2 Å². The molecule has 55 heavy (non-hydrogen) atoms. The molecule has 254 valence electrons. The van der Waals surface area contributed by atoms with E-state index in [9.17, 15) is 0 Å². The van der Waals surface area contributed by atoms with Gasteiger partial charge in [-0.25, -0.2) is 0 Å². The molecule has 0 amide bonds. The van der Waals surface area contributed by atoms with Crippen LogP contribution in [0, 0.1) is 0 Å². The second kappa shape index (κ2) is 11.6. The number of furan rings is 1. The summed E-state index contributed by atoms with van der Waals surface area (Å²) in [6.07, 6.45) is 0. The summed E-state index contributed by atoms with van der Waals surface area (Å²) < 4.78 is 6.72. The fourth-order valence-corrected chi connectivity index (χ4v) is 9.40. The van der Waals surface area contributed by atoms with E-state index >= 15 is 0 Å². The maximum absolute atomic E-state index is 6.72. The summed E-state index contributed by atoms with van der Waals surface area (Å²) in [5.41, 5.74) is 9.29. The Hall–Kier alpha value is -7.22. The van der Waals surface area contributed by atoms with E-state index in [0.717, 1.165) is 16.6 Å². The molecule has 0 bridgehead atoms. The second-order valence-electron chi connectivity index (χ2n) is 14.7. The Kier molecular flexibility index (Phi) is 6.40. The predicted octanol–water partition coefficient (Wildman–Crippen LogP) is 15.5. The number of hydrogen-bond acceptors (Lipinski definition) is 1. The molecule has 12 rings (SSSR count). The van der Waals surface area contributed by atoms with Gasteiger partial charge in [-0.15, -0.1) is 0 Å². The lowest BCUT2D eigenvalue weighted by Gasteiger charge is -2.19. The van der Waals surface area contributed by atoms with Crippen LogP contribution < -0.4 is 0 Å². The first kappa shape index (κ1) is 30.3. The lowest BCUT2D eigenvalue weighted by Crippen LogP contribution is -1.91. The van der Waals surface area contributed by atoms with E-state index in [0.29, 0.717) is 0 Å². The Morgan fingerprint density at radius 2 is 0.800 bits per heavy atom. The molecular formula is C54H32O. The first-order valence-electron chi connectivity index (χ1n) is 19.0. The average Bonchev–Trinajstić information content (AvgIpc) is 3.66. The van der Waals surface area contributed by atoms with Crippen molar-refractivity contribution in [2.45, 2.75) is 0 Å². The lowest BCUT2D eigenvalue weighted by atomic mass is 9.84. The van der Waals surface area contributed by atoms with E-state index in [1.807, 2.05) is 0 Å². The topological polar surface area (TPSA) is 13.1 Å². The molecule has 1 aromatic heterocycles. The van der Waals surface area contributed by atoms with Crippen LogP contribution in [0.15, 0.2) is 199 Å². The number of fused-ring (bicyclic) bond motifs is 13. The van der Waals surface area contributed by atoms with Crippen molar-refractivity contribution in [3.05, 3.63) is 194 Å². The van der Waals surface area contributed by atoms with Crippen molar-refractivity contribution in [3.8, 4) is 33.4 Å². The number of benzene rings is 11. The molecule has 0 aliphatic carbocycles. The van der Waals surface area contributed by atoms with E-state index in [-0.39, 0.29) is 0 Å². The van der Waals surface area contributed by atoms with E-state index in [4.69, 9.17) is 4.42 Å². The minimum atomic E-state index is 0.927. The quantitative estimate of drug-likeness (QED) is 0.132. The molecule has 0 N–H and O–H groups in total. The summed E-state index contributed by atoms with van der Waals surface area (Å²) in [6.45, 7) is 0. The Bertz CT molecular complexity index is 3470. The third-order valence-corrected chi connectivity index (χ3v) is 11.8. The molecule has 0 radical (unpaired) electrons. The molecular weight excluding hydrogens is 665 g/mol. The zero-order chi connectivity index (χ0) is 36.0. The van der Waals surface area contributed by atoms with Gasteiger partial charge in [-0.1, -0.05) is 176 Å². The molecule has 0 spiro atoms. The number of rotatable bonds is 3. The molecule has 1 nitrogen and oxygen atoms in total. The molecule has 0 atom stereocenters. The lowest BCUT2D eigenvalue weighted by molar-refractivity contribution is 0.673. The van der Waals surface area contributed by atoms with Crippen molar-refractivity contribution in [1.82, 2.24) is 0 Å². The van der Waals surface area contributed by atoms with Gasteiger partial charge in [0.25, 0.3) is 0 Å². The van der Waals surface area contributed by atoms with Gasteiger partial charge in [0.05, 0.1) is 0 Å². The van der Waals surface area contributed by atoms with Gasteiger partial charge in [-0.3, -0.25) is 0 Å². The fraction of sp³-hybridized carbons (Fsp3) is 0. The van der Waals surface area contributed by atoms with Crippen LogP contribution in [-0.2, 0) is 0 Å². The Labute approximate surface area is 317 Å². The van der Waals surface area contributed by atoms with Crippen LogP contribution in [0.25, 0.3) is 120 Å². The summed E-state index contributed by atoms with van der Waals surface area (Å²) in [7, 11) is 0. The molecule has 0 aliphatic heterocycles. The highest BCUT2D eigenvalue weighted by Crippen LogP contribution is 2.47. The highest BCUT2D eigenvalue weighted by molar-refractivity contribution is 6.34. The Morgan fingerprint density at radius 3 is 1.51 bits per heavy atom. The predicted molar refractivity (Wildman–Crippen MR) is 235 cm³/mol. The molecule has 0 unspecified atom stereocenters. The average molecular weight is 697 g/mol. The molecule has 1 heterocycles. The molecule has 1 heteroatoms. The van der Waals surface area contributed by atoms with E-state index in [1.165, 1.54) is 103 Å². The van der Waals surface area contributed by atoms with Gasteiger partial charge in [0.1, 0.15) is 11.2 Å². The first-order chi connectivity index (χ1) is 27.3. The fourth-order valence-electron chi connectivity index (χ4n) is 9.40.